The second-order valence-corrected chi connectivity index (χ2v) is 6.25. The Kier molecular flexibility index (Phi) is 4.04. The van der Waals surface area contributed by atoms with Gasteiger partial charge in [-0.1, -0.05) is 19.9 Å². The summed E-state index contributed by atoms with van der Waals surface area (Å²) in [5.74, 6) is 2.07. The van der Waals surface area contributed by atoms with Crippen LogP contribution in [0.5, 0.6) is 11.5 Å². The molecule has 0 saturated heterocycles. The molecule has 0 spiro atoms. The quantitative estimate of drug-likeness (QED) is 0.909. The molecule has 0 heterocycles. The van der Waals surface area contributed by atoms with Crippen molar-refractivity contribution in [3.63, 3.8) is 0 Å². The molecular weight excluding hydrogens is 238 g/mol. The van der Waals surface area contributed by atoms with Crippen molar-refractivity contribution in [3.05, 3.63) is 23.8 Å². The van der Waals surface area contributed by atoms with Crippen molar-refractivity contribution in [3.8, 4) is 11.5 Å². The summed E-state index contributed by atoms with van der Waals surface area (Å²) < 4.78 is 11.0. The largest absolute Gasteiger partial charge is 0.496 e. The van der Waals surface area contributed by atoms with Crippen LogP contribution >= 0.6 is 0 Å². The zero-order valence-electron chi connectivity index (χ0n) is 12.4. The van der Waals surface area contributed by atoms with Crippen molar-refractivity contribution < 1.29 is 9.47 Å². The minimum atomic E-state index is 0.179. The number of benzene rings is 1. The van der Waals surface area contributed by atoms with E-state index in [1.165, 1.54) is 6.42 Å². The molecule has 1 aromatic carbocycles. The Bertz CT molecular complexity index is 420. The molecule has 2 unspecified atom stereocenters. The van der Waals surface area contributed by atoms with Gasteiger partial charge in [0, 0.05) is 17.5 Å². The van der Waals surface area contributed by atoms with E-state index in [1.807, 2.05) is 18.2 Å². The minimum Gasteiger partial charge on any atom is -0.496 e. The van der Waals surface area contributed by atoms with E-state index in [4.69, 9.17) is 15.2 Å². The van der Waals surface area contributed by atoms with Gasteiger partial charge in [0.1, 0.15) is 11.5 Å². The average Bonchev–Trinajstić information content (AvgIpc) is 2.40. The predicted octanol–water partition coefficient (Wildman–Crippen LogP) is 3.32. The first-order chi connectivity index (χ1) is 8.98. The fraction of sp³-hybridized carbons (Fsp3) is 0.625. The summed E-state index contributed by atoms with van der Waals surface area (Å²) in [5.41, 5.74) is 7.83. The lowest BCUT2D eigenvalue weighted by atomic mass is 9.68. The summed E-state index contributed by atoms with van der Waals surface area (Å²) in [6, 6.07) is 6.12. The SMILES string of the molecule is COc1cccc(OC)c1C1CC(C)(C)CCC1N. The third kappa shape index (κ3) is 2.86. The van der Waals surface area contributed by atoms with Crippen LogP contribution in [-0.4, -0.2) is 20.3 Å². The maximum absolute atomic E-state index is 6.37. The Morgan fingerprint density at radius 2 is 1.74 bits per heavy atom. The van der Waals surface area contributed by atoms with E-state index in [-0.39, 0.29) is 6.04 Å². The maximum atomic E-state index is 6.37. The normalized spacial score (nSPS) is 25.9. The Morgan fingerprint density at radius 3 is 2.26 bits per heavy atom. The van der Waals surface area contributed by atoms with Gasteiger partial charge >= 0.3 is 0 Å². The molecule has 0 bridgehead atoms. The molecule has 1 aliphatic rings. The van der Waals surface area contributed by atoms with E-state index < -0.39 is 0 Å². The molecule has 3 nitrogen and oxygen atoms in total. The van der Waals surface area contributed by atoms with E-state index >= 15 is 0 Å². The second-order valence-electron chi connectivity index (χ2n) is 6.25. The fourth-order valence-electron chi connectivity index (χ4n) is 3.17. The fourth-order valence-corrected chi connectivity index (χ4v) is 3.17. The monoisotopic (exact) mass is 263 g/mol. The lowest BCUT2D eigenvalue weighted by Crippen LogP contribution is -2.38. The molecule has 2 atom stereocenters. The molecule has 2 N–H and O–H groups in total. The second kappa shape index (κ2) is 5.41. The summed E-state index contributed by atoms with van der Waals surface area (Å²) >= 11 is 0. The summed E-state index contributed by atoms with van der Waals surface area (Å²) in [6.07, 6.45) is 3.31. The number of hydrogen-bond acceptors (Lipinski definition) is 3. The van der Waals surface area contributed by atoms with Crippen molar-refractivity contribution in [2.45, 2.75) is 45.1 Å². The highest BCUT2D eigenvalue weighted by atomic mass is 16.5. The maximum Gasteiger partial charge on any atom is 0.126 e. The van der Waals surface area contributed by atoms with E-state index in [1.54, 1.807) is 14.2 Å². The molecule has 19 heavy (non-hydrogen) atoms. The summed E-state index contributed by atoms with van der Waals surface area (Å²) in [5, 5.41) is 0. The Labute approximate surface area is 116 Å². The number of hydrogen-bond donors (Lipinski definition) is 1. The Balaban J connectivity index is 2.44. The van der Waals surface area contributed by atoms with Crippen molar-refractivity contribution in [1.82, 2.24) is 0 Å². The third-order valence-electron chi connectivity index (χ3n) is 4.28. The van der Waals surface area contributed by atoms with Crippen LogP contribution in [0, 0.1) is 5.41 Å². The summed E-state index contributed by atoms with van der Waals surface area (Å²) in [6.45, 7) is 4.63. The third-order valence-corrected chi connectivity index (χ3v) is 4.28. The number of ether oxygens (including phenoxy) is 2. The molecule has 0 radical (unpaired) electrons. The zero-order chi connectivity index (χ0) is 14.0. The molecule has 3 heteroatoms. The number of rotatable bonds is 3. The van der Waals surface area contributed by atoms with E-state index in [0.29, 0.717) is 11.3 Å². The van der Waals surface area contributed by atoms with Gasteiger partial charge in [0.25, 0.3) is 0 Å². The van der Waals surface area contributed by atoms with Crippen LogP contribution < -0.4 is 15.2 Å². The highest BCUT2D eigenvalue weighted by molar-refractivity contribution is 5.48. The summed E-state index contributed by atoms with van der Waals surface area (Å²) in [4.78, 5) is 0. The Hall–Kier alpha value is -1.22. The van der Waals surface area contributed by atoms with Gasteiger partial charge in [-0.25, -0.2) is 0 Å². The van der Waals surface area contributed by atoms with Crippen molar-refractivity contribution in [2.24, 2.45) is 11.1 Å². The van der Waals surface area contributed by atoms with Gasteiger partial charge in [-0.15, -0.1) is 0 Å². The van der Waals surface area contributed by atoms with Gasteiger partial charge in [-0.3, -0.25) is 0 Å². The van der Waals surface area contributed by atoms with Crippen molar-refractivity contribution in [1.29, 1.82) is 0 Å². The Morgan fingerprint density at radius 1 is 1.16 bits per heavy atom. The highest BCUT2D eigenvalue weighted by Crippen LogP contribution is 2.47. The molecule has 1 aromatic rings. The number of nitrogens with two attached hydrogens (primary N) is 1. The van der Waals surface area contributed by atoms with E-state index in [2.05, 4.69) is 13.8 Å². The van der Waals surface area contributed by atoms with Gasteiger partial charge in [0.05, 0.1) is 14.2 Å². The molecule has 0 aliphatic heterocycles. The van der Waals surface area contributed by atoms with Crippen LogP contribution in [0.25, 0.3) is 0 Å². The molecule has 1 aliphatic carbocycles. The lowest BCUT2D eigenvalue weighted by molar-refractivity contribution is 0.194. The standard InChI is InChI=1S/C16H25NO2/c1-16(2)9-8-12(17)11(10-16)15-13(18-3)6-5-7-14(15)19-4/h5-7,11-12H,8-10,17H2,1-4H3. The van der Waals surface area contributed by atoms with Gasteiger partial charge in [-0.05, 0) is 36.8 Å². The smallest absolute Gasteiger partial charge is 0.126 e. The van der Waals surface area contributed by atoms with Crippen LogP contribution in [0.2, 0.25) is 0 Å². The van der Waals surface area contributed by atoms with Crippen LogP contribution in [0.1, 0.15) is 44.6 Å². The first kappa shape index (κ1) is 14.2. The van der Waals surface area contributed by atoms with Gasteiger partial charge < -0.3 is 15.2 Å². The van der Waals surface area contributed by atoms with E-state index in [9.17, 15) is 0 Å². The topological polar surface area (TPSA) is 44.5 Å². The molecule has 1 saturated carbocycles. The van der Waals surface area contributed by atoms with Gasteiger partial charge in [-0.2, -0.15) is 0 Å². The number of methoxy groups -OCH3 is 2. The molecule has 0 amide bonds. The van der Waals surface area contributed by atoms with E-state index in [0.717, 1.165) is 29.9 Å². The first-order valence-corrected chi connectivity index (χ1v) is 6.95. The molecule has 1 fully saturated rings. The van der Waals surface area contributed by atoms with Crippen molar-refractivity contribution >= 4 is 0 Å². The minimum absolute atomic E-state index is 0.179. The highest BCUT2D eigenvalue weighted by Gasteiger charge is 2.36. The van der Waals surface area contributed by atoms with Crippen LogP contribution in [0.4, 0.5) is 0 Å². The first-order valence-electron chi connectivity index (χ1n) is 6.95. The van der Waals surface area contributed by atoms with Crippen LogP contribution in [-0.2, 0) is 0 Å². The molecule has 0 aromatic heterocycles. The predicted molar refractivity (Wildman–Crippen MR) is 77.9 cm³/mol. The van der Waals surface area contributed by atoms with Crippen LogP contribution in [0.3, 0.4) is 0 Å². The average molecular weight is 263 g/mol. The van der Waals surface area contributed by atoms with Gasteiger partial charge in [0.2, 0.25) is 0 Å². The molecule has 2 rings (SSSR count). The molecular formula is C16H25NO2. The lowest BCUT2D eigenvalue weighted by Gasteiger charge is -2.40. The van der Waals surface area contributed by atoms with Crippen molar-refractivity contribution in [2.75, 3.05) is 14.2 Å². The van der Waals surface area contributed by atoms with Gasteiger partial charge in [0.15, 0.2) is 0 Å². The summed E-state index contributed by atoms with van der Waals surface area (Å²) in [7, 11) is 3.41. The van der Waals surface area contributed by atoms with Crippen LogP contribution in [0.15, 0.2) is 18.2 Å². The zero-order valence-corrected chi connectivity index (χ0v) is 12.4. The molecule has 106 valence electrons.